The lowest BCUT2D eigenvalue weighted by atomic mass is 9.95. The van der Waals surface area contributed by atoms with Gasteiger partial charge in [-0.2, -0.15) is 0 Å². The number of esters is 1. The highest BCUT2D eigenvalue weighted by Gasteiger charge is 2.27. The Morgan fingerprint density at radius 2 is 1.75 bits per heavy atom. The summed E-state index contributed by atoms with van der Waals surface area (Å²) in [6, 6.07) is 8.80. The predicted octanol–water partition coefficient (Wildman–Crippen LogP) is 3.90. The van der Waals surface area contributed by atoms with Crippen molar-refractivity contribution in [2.24, 2.45) is 5.92 Å². The number of carbonyl (C=O) groups excluding carboxylic acids is 2. The summed E-state index contributed by atoms with van der Waals surface area (Å²) >= 11 is 0. The van der Waals surface area contributed by atoms with Gasteiger partial charge in [0.25, 0.3) is 0 Å². The molecule has 0 aliphatic carbocycles. The maximum Gasteiger partial charge on any atom is 0.312 e. The number of hydrogen-bond donors (Lipinski definition) is 2. The molecule has 0 saturated heterocycles. The molecule has 0 aliphatic heterocycles. The van der Waals surface area contributed by atoms with Gasteiger partial charge in [-0.15, -0.1) is 0 Å². The Morgan fingerprint density at radius 1 is 1.11 bits per heavy atom. The van der Waals surface area contributed by atoms with Crippen LogP contribution in [0.25, 0.3) is 0 Å². The van der Waals surface area contributed by atoms with Crippen molar-refractivity contribution in [3.63, 3.8) is 0 Å². The molecule has 0 spiro atoms. The van der Waals surface area contributed by atoms with Crippen molar-refractivity contribution in [1.82, 2.24) is 5.32 Å². The monoisotopic (exact) mass is 391 g/mol. The molecule has 1 aromatic rings. The number of unbranched alkanes of at least 4 members (excludes halogenated alkanes) is 2. The molecule has 6 nitrogen and oxygen atoms in total. The maximum absolute atomic E-state index is 12.7. The standard InChI is InChI=1S/C22H33NO5/c1-5-6-8-13-17(14-19(24)28-22(2,3)4)20(25)23-15-18(21(26)27)16-11-9-7-10-12-16/h7,9-12,17-18H,5-6,8,13-15H2,1-4H3,(H,23,25)(H,26,27). The second-order valence-electron chi connectivity index (χ2n) is 8.03. The zero-order valence-electron chi connectivity index (χ0n) is 17.4. The first-order chi connectivity index (χ1) is 13.1. The van der Waals surface area contributed by atoms with Crippen LogP contribution in [0.15, 0.2) is 30.3 Å². The normalized spacial score (nSPS) is 13.4. The number of rotatable bonds is 11. The summed E-state index contributed by atoms with van der Waals surface area (Å²) in [4.78, 5) is 36.5. The molecule has 0 heterocycles. The van der Waals surface area contributed by atoms with E-state index >= 15 is 0 Å². The SMILES string of the molecule is CCCCCC(CC(=O)OC(C)(C)C)C(=O)NCC(C(=O)O)c1ccccc1. The van der Waals surface area contributed by atoms with Crippen LogP contribution >= 0.6 is 0 Å². The number of aliphatic carboxylic acids is 1. The average Bonchev–Trinajstić information content (AvgIpc) is 2.60. The zero-order chi connectivity index (χ0) is 21.2. The fourth-order valence-corrected chi connectivity index (χ4v) is 2.93. The van der Waals surface area contributed by atoms with Gasteiger partial charge < -0.3 is 15.2 Å². The largest absolute Gasteiger partial charge is 0.481 e. The van der Waals surface area contributed by atoms with Gasteiger partial charge in [0, 0.05) is 12.5 Å². The zero-order valence-corrected chi connectivity index (χ0v) is 17.4. The molecule has 2 unspecified atom stereocenters. The van der Waals surface area contributed by atoms with Crippen LogP contribution in [0.1, 0.15) is 71.3 Å². The van der Waals surface area contributed by atoms with Crippen LogP contribution in [0.4, 0.5) is 0 Å². The van der Waals surface area contributed by atoms with Gasteiger partial charge in [0.1, 0.15) is 5.60 Å². The van der Waals surface area contributed by atoms with E-state index < -0.39 is 29.4 Å². The van der Waals surface area contributed by atoms with Crippen molar-refractivity contribution in [1.29, 1.82) is 0 Å². The highest BCUT2D eigenvalue weighted by molar-refractivity contribution is 5.84. The fraction of sp³-hybridized carbons (Fsp3) is 0.591. The fourth-order valence-electron chi connectivity index (χ4n) is 2.93. The second-order valence-corrected chi connectivity index (χ2v) is 8.03. The minimum absolute atomic E-state index is 0.00407. The molecule has 28 heavy (non-hydrogen) atoms. The molecule has 6 heteroatoms. The van der Waals surface area contributed by atoms with Gasteiger partial charge in [0.2, 0.25) is 5.91 Å². The van der Waals surface area contributed by atoms with Crippen LogP contribution in [-0.4, -0.2) is 35.1 Å². The van der Waals surface area contributed by atoms with Gasteiger partial charge in [0.05, 0.1) is 12.3 Å². The number of benzene rings is 1. The van der Waals surface area contributed by atoms with Crippen molar-refractivity contribution in [3.8, 4) is 0 Å². The van der Waals surface area contributed by atoms with Crippen LogP contribution in [0.5, 0.6) is 0 Å². The molecule has 1 aromatic carbocycles. The van der Waals surface area contributed by atoms with Gasteiger partial charge in [-0.1, -0.05) is 56.5 Å². The Labute approximate surface area is 167 Å². The summed E-state index contributed by atoms with van der Waals surface area (Å²) in [5.74, 6) is -3.07. The quantitative estimate of drug-likeness (QED) is 0.441. The number of carboxylic acids is 1. The van der Waals surface area contributed by atoms with Crippen LogP contribution in [0, 0.1) is 5.92 Å². The molecule has 1 rings (SSSR count). The molecular weight excluding hydrogens is 358 g/mol. The van der Waals surface area contributed by atoms with Crippen LogP contribution < -0.4 is 5.32 Å². The summed E-state index contributed by atoms with van der Waals surface area (Å²) in [6.07, 6.45) is 3.38. The topological polar surface area (TPSA) is 92.7 Å². The van der Waals surface area contributed by atoms with Gasteiger partial charge in [-0.25, -0.2) is 0 Å². The Balaban J connectivity index is 2.75. The lowest BCUT2D eigenvalue weighted by Crippen LogP contribution is -2.37. The average molecular weight is 392 g/mol. The van der Waals surface area contributed by atoms with E-state index in [0.717, 1.165) is 19.3 Å². The molecule has 0 fully saturated rings. The molecule has 0 aromatic heterocycles. The summed E-state index contributed by atoms with van der Waals surface area (Å²) in [5.41, 5.74) is 0.0217. The van der Waals surface area contributed by atoms with Crippen LogP contribution in [0.3, 0.4) is 0 Å². The molecule has 0 radical (unpaired) electrons. The second kappa shape index (κ2) is 11.5. The third kappa shape index (κ3) is 9.02. The summed E-state index contributed by atoms with van der Waals surface area (Å²) in [6.45, 7) is 7.41. The maximum atomic E-state index is 12.7. The van der Waals surface area contributed by atoms with E-state index in [1.165, 1.54) is 0 Å². The third-order valence-electron chi connectivity index (χ3n) is 4.34. The first-order valence-corrected chi connectivity index (χ1v) is 9.91. The Kier molecular flexibility index (Phi) is 9.69. The van der Waals surface area contributed by atoms with Crippen molar-refractivity contribution >= 4 is 17.8 Å². The number of carbonyl (C=O) groups is 3. The lowest BCUT2D eigenvalue weighted by molar-refractivity contribution is -0.157. The molecule has 156 valence electrons. The number of carboxylic acid groups (broad SMARTS) is 1. The third-order valence-corrected chi connectivity index (χ3v) is 4.34. The minimum atomic E-state index is -0.999. The number of ether oxygens (including phenoxy) is 1. The summed E-state index contributed by atoms with van der Waals surface area (Å²) < 4.78 is 5.34. The first kappa shape index (κ1) is 23.7. The molecule has 0 saturated carbocycles. The van der Waals surface area contributed by atoms with E-state index in [1.807, 2.05) is 6.07 Å². The van der Waals surface area contributed by atoms with Crippen molar-refractivity contribution < 1.29 is 24.2 Å². The van der Waals surface area contributed by atoms with Crippen LogP contribution in [-0.2, 0) is 19.1 Å². The van der Waals surface area contributed by atoms with Crippen LogP contribution in [0.2, 0.25) is 0 Å². The van der Waals surface area contributed by atoms with Crippen molar-refractivity contribution in [2.75, 3.05) is 6.54 Å². The highest BCUT2D eigenvalue weighted by atomic mass is 16.6. The Morgan fingerprint density at radius 3 is 2.29 bits per heavy atom. The Hall–Kier alpha value is -2.37. The minimum Gasteiger partial charge on any atom is -0.481 e. The molecule has 2 N–H and O–H groups in total. The number of amides is 1. The van der Waals surface area contributed by atoms with Gasteiger partial charge in [0.15, 0.2) is 0 Å². The number of nitrogens with one attached hydrogen (secondary N) is 1. The van der Waals surface area contributed by atoms with Gasteiger partial charge >= 0.3 is 11.9 Å². The van der Waals surface area contributed by atoms with E-state index in [0.29, 0.717) is 12.0 Å². The predicted molar refractivity (Wildman–Crippen MR) is 108 cm³/mol. The number of hydrogen-bond acceptors (Lipinski definition) is 4. The summed E-state index contributed by atoms with van der Waals surface area (Å²) in [5, 5.41) is 12.2. The van der Waals surface area contributed by atoms with E-state index in [1.54, 1.807) is 45.0 Å². The van der Waals surface area contributed by atoms with Gasteiger partial charge in [-0.05, 0) is 32.8 Å². The van der Waals surface area contributed by atoms with E-state index in [9.17, 15) is 19.5 Å². The van der Waals surface area contributed by atoms with E-state index in [4.69, 9.17) is 4.74 Å². The van der Waals surface area contributed by atoms with E-state index in [2.05, 4.69) is 12.2 Å². The van der Waals surface area contributed by atoms with E-state index in [-0.39, 0.29) is 18.9 Å². The molecular formula is C22H33NO5. The molecule has 0 aliphatic rings. The lowest BCUT2D eigenvalue weighted by Gasteiger charge is -2.22. The highest BCUT2D eigenvalue weighted by Crippen LogP contribution is 2.19. The Bertz CT molecular complexity index is 636. The molecule has 0 bridgehead atoms. The molecule has 2 atom stereocenters. The summed E-state index contributed by atoms with van der Waals surface area (Å²) in [7, 11) is 0. The first-order valence-electron chi connectivity index (χ1n) is 9.91. The molecule has 1 amide bonds. The smallest absolute Gasteiger partial charge is 0.312 e. The van der Waals surface area contributed by atoms with Crippen molar-refractivity contribution in [2.45, 2.75) is 71.3 Å². The van der Waals surface area contributed by atoms with Gasteiger partial charge in [-0.3, -0.25) is 14.4 Å². The van der Waals surface area contributed by atoms with Crippen molar-refractivity contribution in [3.05, 3.63) is 35.9 Å².